The van der Waals surface area contributed by atoms with Gasteiger partial charge in [0.25, 0.3) is 0 Å². The van der Waals surface area contributed by atoms with Gasteiger partial charge in [-0.05, 0) is 16.7 Å². The van der Waals surface area contributed by atoms with Crippen molar-refractivity contribution in [1.82, 2.24) is 5.32 Å². The van der Waals surface area contributed by atoms with E-state index in [1.807, 2.05) is 18.2 Å². The topological polar surface area (TPSA) is 38.3 Å². The molecular weight excluding hydrogens is 238 g/mol. The van der Waals surface area contributed by atoms with Crippen LogP contribution in [0.5, 0.6) is 0 Å². The highest BCUT2D eigenvalue weighted by atomic mass is 16.5. The Hall–Kier alpha value is -2.13. The second-order valence-electron chi connectivity index (χ2n) is 4.59. The van der Waals surface area contributed by atoms with Crippen LogP contribution in [0.25, 0.3) is 11.1 Å². The van der Waals surface area contributed by atoms with E-state index in [1.54, 1.807) is 0 Å². The van der Waals surface area contributed by atoms with E-state index in [0.717, 1.165) is 5.56 Å². The Morgan fingerprint density at radius 3 is 2.26 bits per heavy atom. The molecule has 3 heteroatoms. The Morgan fingerprint density at radius 2 is 1.63 bits per heavy atom. The van der Waals surface area contributed by atoms with E-state index in [1.165, 1.54) is 11.1 Å². The van der Waals surface area contributed by atoms with Gasteiger partial charge in [0.05, 0.1) is 0 Å². The average Bonchev–Trinajstić information content (AvgIpc) is 2.49. The highest BCUT2D eigenvalue weighted by Crippen LogP contribution is 2.24. The molecule has 3 nitrogen and oxygen atoms in total. The maximum atomic E-state index is 11.0. The molecule has 1 aliphatic rings. The van der Waals surface area contributed by atoms with Gasteiger partial charge in [0.15, 0.2) is 0 Å². The Kier molecular flexibility index (Phi) is 3.29. The highest BCUT2D eigenvalue weighted by Gasteiger charge is 2.19. The van der Waals surface area contributed by atoms with Crippen LogP contribution in [0.4, 0.5) is 0 Å². The molecular formula is C16H15NO2. The number of hydrogen-bond acceptors (Lipinski definition) is 2. The third kappa shape index (κ3) is 2.66. The molecule has 0 aromatic heterocycles. The summed E-state index contributed by atoms with van der Waals surface area (Å²) in [6, 6.07) is 18.5. The molecule has 19 heavy (non-hydrogen) atoms. The molecule has 0 spiro atoms. The van der Waals surface area contributed by atoms with Crippen molar-refractivity contribution >= 4 is 5.91 Å². The summed E-state index contributed by atoms with van der Waals surface area (Å²) in [7, 11) is 0. The van der Waals surface area contributed by atoms with Gasteiger partial charge >= 0.3 is 0 Å². The van der Waals surface area contributed by atoms with E-state index >= 15 is 0 Å². The van der Waals surface area contributed by atoms with Crippen LogP contribution in [-0.2, 0) is 9.53 Å². The minimum atomic E-state index is -0.0443. The molecule has 2 aromatic carbocycles. The number of nitrogens with one attached hydrogen (secondary N) is 1. The van der Waals surface area contributed by atoms with Crippen LogP contribution in [0.1, 0.15) is 11.7 Å². The van der Waals surface area contributed by atoms with Crippen LogP contribution in [0.15, 0.2) is 54.6 Å². The van der Waals surface area contributed by atoms with Crippen LogP contribution in [0.3, 0.4) is 0 Å². The van der Waals surface area contributed by atoms with Crippen molar-refractivity contribution in [2.45, 2.75) is 6.10 Å². The highest BCUT2D eigenvalue weighted by molar-refractivity contribution is 5.77. The smallest absolute Gasteiger partial charge is 0.246 e. The van der Waals surface area contributed by atoms with E-state index < -0.39 is 0 Å². The second kappa shape index (κ2) is 5.24. The van der Waals surface area contributed by atoms with Crippen LogP contribution < -0.4 is 5.32 Å². The second-order valence-corrected chi connectivity index (χ2v) is 4.59. The van der Waals surface area contributed by atoms with Crippen molar-refractivity contribution in [1.29, 1.82) is 0 Å². The number of hydrogen-bond donors (Lipinski definition) is 1. The van der Waals surface area contributed by atoms with Crippen LogP contribution in [-0.4, -0.2) is 19.1 Å². The van der Waals surface area contributed by atoms with Crippen molar-refractivity contribution in [2.24, 2.45) is 0 Å². The van der Waals surface area contributed by atoms with Crippen molar-refractivity contribution in [3.8, 4) is 11.1 Å². The molecule has 1 atom stereocenters. The maximum absolute atomic E-state index is 11.0. The number of ether oxygens (including phenoxy) is 1. The zero-order valence-corrected chi connectivity index (χ0v) is 10.5. The van der Waals surface area contributed by atoms with Gasteiger partial charge in [-0.1, -0.05) is 54.6 Å². The Balaban J connectivity index is 1.78. The predicted molar refractivity (Wildman–Crippen MR) is 73.6 cm³/mol. The normalized spacial score (nSPS) is 18.9. The number of rotatable bonds is 2. The lowest BCUT2D eigenvalue weighted by atomic mass is 10.0. The lowest BCUT2D eigenvalue weighted by molar-refractivity contribution is -0.133. The number of carbonyl (C=O) groups excluding carboxylic acids is 1. The first-order valence-electron chi connectivity index (χ1n) is 6.36. The van der Waals surface area contributed by atoms with Crippen LogP contribution >= 0.6 is 0 Å². The fraction of sp³-hybridized carbons (Fsp3) is 0.188. The molecule has 0 unspecified atom stereocenters. The van der Waals surface area contributed by atoms with E-state index in [9.17, 15) is 4.79 Å². The van der Waals surface area contributed by atoms with E-state index in [-0.39, 0.29) is 18.6 Å². The van der Waals surface area contributed by atoms with Crippen molar-refractivity contribution in [3.63, 3.8) is 0 Å². The molecule has 1 fully saturated rings. The molecule has 0 saturated carbocycles. The van der Waals surface area contributed by atoms with Gasteiger partial charge in [0.2, 0.25) is 5.91 Å². The zero-order valence-electron chi connectivity index (χ0n) is 10.5. The average molecular weight is 253 g/mol. The number of amides is 1. The minimum absolute atomic E-state index is 0.0393. The van der Waals surface area contributed by atoms with Crippen molar-refractivity contribution in [2.75, 3.05) is 13.2 Å². The third-order valence-corrected chi connectivity index (χ3v) is 3.29. The Labute approximate surface area is 112 Å². The molecule has 96 valence electrons. The molecule has 1 amide bonds. The van der Waals surface area contributed by atoms with Crippen LogP contribution in [0, 0.1) is 0 Å². The molecule has 1 aliphatic heterocycles. The zero-order chi connectivity index (χ0) is 13.1. The molecule has 1 N–H and O–H groups in total. The number of benzene rings is 2. The number of carbonyl (C=O) groups is 1. The fourth-order valence-corrected chi connectivity index (χ4v) is 2.23. The third-order valence-electron chi connectivity index (χ3n) is 3.29. The molecule has 0 radical (unpaired) electrons. The van der Waals surface area contributed by atoms with Gasteiger partial charge < -0.3 is 10.1 Å². The summed E-state index contributed by atoms with van der Waals surface area (Å²) in [5.41, 5.74) is 3.48. The minimum Gasteiger partial charge on any atom is -0.362 e. The monoisotopic (exact) mass is 253 g/mol. The number of morpholine rings is 1. The Morgan fingerprint density at radius 1 is 0.947 bits per heavy atom. The summed E-state index contributed by atoms with van der Waals surface area (Å²) in [5, 5.41) is 2.81. The van der Waals surface area contributed by atoms with Crippen molar-refractivity contribution < 1.29 is 9.53 Å². The summed E-state index contributed by atoms with van der Waals surface area (Å²) >= 11 is 0. The SMILES string of the molecule is O=C1CO[C@@H](c2ccc(-c3ccccc3)cc2)CN1. The predicted octanol–water partition coefficient (Wildman–Crippen LogP) is 2.54. The summed E-state index contributed by atoms with van der Waals surface area (Å²) in [6.45, 7) is 0.689. The first kappa shape index (κ1) is 11.9. The molecule has 0 bridgehead atoms. The standard InChI is InChI=1S/C16H15NO2/c18-16-11-19-15(10-17-16)14-8-6-13(7-9-14)12-4-2-1-3-5-12/h1-9,15H,10-11H2,(H,17,18)/t15-/m1/s1. The summed E-state index contributed by atoms with van der Waals surface area (Å²) in [5.74, 6) is -0.0443. The molecule has 2 aromatic rings. The van der Waals surface area contributed by atoms with Gasteiger partial charge in [-0.2, -0.15) is 0 Å². The summed E-state index contributed by atoms with van der Waals surface area (Å²) in [4.78, 5) is 11.0. The van der Waals surface area contributed by atoms with Gasteiger partial charge in [-0.15, -0.1) is 0 Å². The molecule has 3 rings (SSSR count). The van der Waals surface area contributed by atoms with E-state index in [4.69, 9.17) is 4.74 Å². The van der Waals surface area contributed by atoms with Gasteiger partial charge in [-0.3, -0.25) is 4.79 Å². The van der Waals surface area contributed by atoms with Crippen molar-refractivity contribution in [3.05, 3.63) is 60.2 Å². The lowest BCUT2D eigenvalue weighted by Crippen LogP contribution is -2.38. The van der Waals surface area contributed by atoms with Gasteiger partial charge in [-0.25, -0.2) is 0 Å². The Bertz CT molecular complexity index is 553. The first-order valence-corrected chi connectivity index (χ1v) is 6.36. The summed E-state index contributed by atoms with van der Waals surface area (Å²) in [6.07, 6.45) is -0.0393. The van der Waals surface area contributed by atoms with Crippen LogP contribution in [0.2, 0.25) is 0 Å². The molecule has 1 heterocycles. The van der Waals surface area contributed by atoms with Gasteiger partial charge in [0.1, 0.15) is 12.7 Å². The summed E-state index contributed by atoms with van der Waals surface area (Å²) < 4.78 is 5.51. The fourth-order valence-electron chi connectivity index (χ4n) is 2.23. The van der Waals surface area contributed by atoms with E-state index in [0.29, 0.717) is 6.54 Å². The largest absolute Gasteiger partial charge is 0.362 e. The maximum Gasteiger partial charge on any atom is 0.246 e. The van der Waals surface area contributed by atoms with E-state index in [2.05, 4.69) is 41.7 Å². The molecule has 1 saturated heterocycles. The van der Waals surface area contributed by atoms with Gasteiger partial charge in [0, 0.05) is 6.54 Å². The quantitative estimate of drug-likeness (QED) is 0.893. The first-order chi connectivity index (χ1) is 9.33. The lowest BCUT2D eigenvalue weighted by Gasteiger charge is -2.23. The molecule has 0 aliphatic carbocycles.